The molecule has 0 saturated carbocycles. The van der Waals surface area contributed by atoms with Crippen LogP contribution in [-0.4, -0.2) is 58.2 Å². The van der Waals surface area contributed by atoms with Gasteiger partial charge in [-0.3, -0.25) is 0 Å². The standard InChI is InChI=1S/C18H20BrClN6O2/c1-2-3-8-28-18(27)26-7-6-25(11-13(26)4-5-21)16-15-14(23-17(20)24-16)9-12(19)10-22-15/h9-10,13H,2-4,6-8,11H2,1H3/t13-/m0/s1. The van der Waals surface area contributed by atoms with Gasteiger partial charge in [0.1, 0.15) is 5.52 Å². The fourth-order valence-electron chi connectivity index (χ4n) is 3.13. The number of hydrogen-bond acceptors (Lipinski definition) is 7. The molecule has 1 aliphatic rings. The Morgan fingerprint density at radius 2 is 2.29 bits per heavy atom. The predicted octanol–water partition coefficient (Wildman–Crippen LogP) is 3.78. The van der Waals surface area contributed by atoms with Crippen molar-refractivity contribution in [2.24, 2.45) is 0 Å². The van der Waals surface area contributed by atoms with Crippen molar-refractivity contribution in [2.75, 3.05) is 31.1 Å². The molecule has 0 aromatic carbocycles. The number of fused-ring (bicyclic) bond motifs is 1. The zero-order chi connectivity index (χ0) is 20.1. The molecule has 2 aromatic rings. The topological polar surface area (TPSA) is 95.2 Å². The van der Waals surface area contributed by atoms with Crippen LogP contribution in [0.5, 0.6) is 0 Å². The quantitative estimate of drug-likeness (QED) is 0.488. The minimum atomic E-state index is -0.374. The highest BCUT2D eigenvalue weighted by molar-refractivity contribution is 9.10. The van der Waals surface area contributed by atoms with Crippen molar-refractivity contribution in [3.63, 3.8) is 0 Å². The van der Waals surface area contributed by atoms with Crippen LogP contribution < -0.4 is 4.90 Å². The number of hydrogen-bond donors (Lipinski definition) is 0. The average molecular weight is 468 g/mol. The fourth-order valence-corrected chi connectivity index (χ4v) is 3.62. The van der Waals surface area contributed by atoms with Crippen LogP contribution in [0.1, 0.15) is 26.2 Å². The molecule has 8 nitrogen and oxygen atoms in total. The molecule has 0 radical (unpaired) electrons. The van der Waals surface area contributed by atoms with E-state index in [9.17, 15) is 10.1 Å². The number of rotatable bonds is 5. The van der Waals surface area contributed by atoms with Gasteiger partial charge in [0.25, 0.3) is 0 Å². The van der Waals surface area contributed by atoms with E-state index >= 15 is 0 Å². The number of carbonyl (C=O) groups excluding carboxylic acids is 1. The molecular weight excluding hydrogens is 448 g/mol. The minimum absolute atomic E-state index is 0.126. The number of nitriles is 1. The van der Waals surface area contributed by atoms with E-state index in [4.69, 9.17) is 16.3 Å². The van der Waals surface area contributed by atoms with Crippen LogP contribution in [0.3, 0.4) is 0 Å². The highest BCUT2D eigenvalue weighted by Crippen LogP contribution is 2.28. The van der Waals surface area contributed by atoms with E-state index in [2.05, 4.69) is 37.0 Å². The lowest BCUT2D eigenvalue weighted by molar-refractivity contribution is 0.0812. The summed E-state index contributed by atoms with van der Waals surface area (Å²) in [5.74, 6) is 0.601. The van der Waals surface area contributed by atoms with Crippen molar-refractivity contribution >= 4 is 50.5 Å². The van der Waals surface area contributed by atoms with Gasteiger partial charge in [-0.05, 0) is 40.0 Å². The lowest BCUT2D eigenvalue weighted by Gasteiger charge is -2.40. The summed E-state index contributed by atoms with van der Waals surface area (Å²) in [5.41, 5.74) is 1.25. The minimum Gasteiger partial charge on any atom is -0.449 e. The van der Waals surface area contributed by atoms with Crippen LogP contribution in [0.15, 0.2) is 16.7 Å². The summed E-state index contributed by atoms with van der Waals surface area (Å²) in [6.07, 6.45) is 3.28. The monoisotopic (exact) mass is 466 g/mol. The summed E-state index contributed by atoms with van der Waals surface area (Å²) < 4.78 is 6.13. The SMILES string of the molecule is CCCCOC(=O)N1CCN(c2nc(Cl)nc3cc(Br)cnc23)C[C@@H]1CC#N. The van der Waals surface area contributed by atoms with Gasteiger partial charge >= 0.3 is 6.09 Å². The maximum absolute atomic E-state index is 12.4. The normalized spacial score (nSPS) is 16.9. The smallest absolute Gasteiger partial charge is 0.410 e. The van der Waals surface area contributed by atoms with Gasteiger partial charge in [0.05, 0.1) is 30.7 Å². The third-order valence-corrected chi connectivity index (χ3v) is 5.13. The van der Waals surface area contributed by atoms with E-state index in [1.807, 2.05) is 17.9 Å². The highest BCUT2D eigenvalue weighted by atomic mass is 79.9. The van der Waals surface area contributed by atoms with Crippen molar-refractivity contribution < 1.29 is 9.53 Å². The van der Waals surface area contributed by atoms with Crippen molar-refractivity contribution in [2.45, 2.75) is 32.2 Å². The molecule has 0 aliphatic carbocycles. The molecule has 2 aromatic heterocycles. The molecule has 0 N–H and O–H groups in total. The molecule has 1 amide bonds. The molecule has 1 fully saturated rings. The van der Waals surface area contributed by atoms with Crippen LogP contribution in [-0.2, 0) is 4.74 Å². The third kappa shape index (κ3) is 4.62. The Hall–Kier alpha value is -2.18. The molecule has 10 heteroatoms. The largest absolute Gasteiger partial charge is 0.449 e. The molecule has 28 heavy (non-hydrogen) atoms. The number of carbonyl (C=O) groups is 1. The maximum Gasteiger partial charge on any atom is 0.410 e. The number of halogens is 2. The third-order valence-electron chi connectivity index (χ3n) is 4.52. The second-order valence-corrected chi connectivity index (χ2v) is 7.71. The second kappa shape index (κ2) is 9.34. The van der Waals surface area contributed by atoms with E-state index in [1.54, 1.807) is 11.1 Å². The first-order valence-electron chi connectivity index (χ1n) is 9.07. The van der Waals surface area contributed by atoms with E-state index < -0.39 is 0 Å². The molecule has 3 rings (SSSR count). The molecule has 0 unspecified atom stereocenters. The predicted molar refractivity (Wildman–Crippen MR) is 109 cm³/mol. The summed E-state index contributed by atoms with van der Waals surface area (Å²) in [4.78, 5) is 29.1. The van der Waals surface area contributed by atoms with Gasteiger partial charge in [0.2, 0.25) is 5.28 Å². The van der Waals surface area contributed by atoms with Crippen LogP contribution in [0.2, 0.25) is 5.28 Å². The van der Waals surface area contributed by atoms with Crippen molar-refractivity contribution in [3.05, 3.63) is 22.0 Å². The Kier molecular flexibility index (Phi) is 6.86. The first-order valence-corrected chi connectivity index (χ1v) is 10.2. The van der Waals surface area contributed by atoms with Gasteiger partial charge in [-0.15, -0.1) is 0 Å². The van der Waals surface area contributed by atoms with Crippen molar-refractivity contribution in [1.29, 1.82) is 5.26 Å². The highest BCUT2D eigenvalue weighted by Gasteiger charge is 2.33. The van der Waals surface area contributed by atoms with Gasteiger partial charge in [-0.25, -0.2) is 14.8 Å². The molecule has 148 valence electrons. The Bertz CT molecular complexity index is 900. The summed E-state index contributed by atoms with van der Waals surface area (Å²) in [6, 6.07) is 3.69. The molecule has 1 atom stereocenters. The molecular formula is C18H20BrClN6O2. The van der Waals surface area contributed by atoms with Crippen LogP contribution in [0.25, 0.3) is 11.0 Å². The first kappa shape index (κ1) is 20.6. The van der Waals surface area contributed by atoms with Gasteiger partial charge < -0.3 is 14.5 Å². The summed E-state index contributed by atoms with van der Waals surface area (Å²) in [6.45, 7) is 3.83. The van der Waals surface area contributed by atoms with Crippen molar-refractivity contribution in [3.8, 4) is 6.07 Å². The second-order valence-electron chi connectivity index (χ2n) is 6.46. The van der Waals surface area contributed by atoms with Crippen LogP contribution >= 0.6 is 27.5 Å². The fraction of sp³-hybridized carbons (Fsp3) is 0.500. The Balaban J connectivity index is 1.83. The van der Waals surface area contributed by atoms with E-state index in [1.165, 1.54) is 0 Å². The first-order chi connectivity index (χ1) is 13.5. The van der Waals surface area contributed by atoms with E-state index in [0.29, 0.717) is 43.1 Å². The molecule has 3 heterocycles. The molecule has 1 aliphatic heterocycles. The van der Waals surface area contributed by atoms with E-state index in [-0.39, 0.29) is 23.8 Å². The van der Waals surface area contributed by atoms with Gasteiger partial charge in [0, 0.05) is 30.3 Å². The number of piperazine rings is 1. The number of ether oxygens (including phenoxy) is 1. The molecule has 0 spiro atoms. The summed E-state index contributed by atoms with van der Waals surface area (Å²) >= 11 is 9.50. The van der Waals surface area contributed by atoms with Gasteiger partial charge in [0.15, 0.2) is 5.82 Å². The van der Waals surface area contributed by atoms with E-state index in [0.717, 1.165) is 17.3 Å². The number of pyridine rings is 1. The Morgan fingerprint density at radius 3 is 3.04 bits per heavy atom. The zero-order valence-electron chi connectivity index (χ0n) is 15.4. The number of unbranched alkanes of at least 4 members (excludes halogenated alkanes) is 1. The number of nitrogens with zero attached hydrogens (tertiary/aromatic N) is 6. The van der Waals surface area contributed by atoms with Gasteiger partial charge in [-0.1, -0.05) is 13.3 Å². The average Bonchev–Trinajstić information content (AvgIpc) is 2.67. The molecule has 1 saturated heterocycles. The summed E-state index contributed by atoms with van der Waals surface area (Å²) in [7, 11) is 0. The lowest BCUT2D eigenvalue weighted by atomic mass is 10.1. The van der Waals surface area contributed by atoms with Crippen LogP contribution in [0, 0.1) is 11.3 Å². The van der Waals surface area contributed by atoms with Crippen molar-refractivity contribution in [1.82, 2.24) is 19.9 Å². The zero-order valence-corrected chi connectivity index (χ0v) is 17.8. The molecule has 0 bridgehead atoms. The number of anilines is 1. The summed E-state index contributed by atoms with van der Waals surface area (Å²) in [5, 5.41) is 9.35. The number of aromatic nitrogens is 3. The maximum atomic E-state index is 12.4. The van der Waals surface area contributed by atoms with Gasteiger partial charge in [-0.2, -0.15) is 10.2 Å². The lowest BCUT2D eigenvalue weighted by Crippen LogP contribution is -2.55. The number of amides is 1. The van der Waals surface area contributed by atoms with Crippen LogP contribution in [0.4, 0.5) is 10.6 Å². The Morgan fingerprint density at radius 1 is 1.46 bits per heavy atom. The Labute approximate surface area is 176 Å².